The summed E-state index contributed by atoms with van der Waals surface area (Å²) in [6.45, 7) is 2.72. The number of nitrogens with two attached hydrogens (primary N) is 1. The molecule has 11 heavy (non-hydrogen) atoms. The molecule has 0 radical (unpaired) electrons. The second-order valence-electron chi connectivity index (χ2n) is 2.64. The Hall–Kier alpha value is -0.990. The van der Waals surface area contributed by atoms with E-state index in [0.717, 1.165) is 19.4 Å². The van der Waals surface area contributed by atoms with Crippen LogP contribution in [0.3, 0.4) is 0 Å². The minimum atomic E-state index is 0.477. The van der Waals surface area contributed by atoms with Crippen LogP contribution in [0.2, 0.25) is 0 Å². The summed E-state index contributed by atoms with van der Waals surface area (Å²) < 4.78 is 0. The zero-order valence-electron chi connectivity index (χ0n) is 6.88. The zero-order valence-corrected chi connectivity index (χ0v) is 6.88. The molecule has 0 saturated heterocycles. The quantitative estimate of drug-likeness (QED) is 0.347. The average Bonchev–Trinajstić information content (AvgIpc) is 2.40. The highest BCUT2D eigenvalue weighted by atomic mass is 15.1. The van der Waals surface area contributed by atoms with Crippen molar-refractivity contribution in [2.75, 3.05) is 6.54 Å². The fourth-order valence-electron chi connectivity index (χ4n) is 1.16. The van der Waals surface area contributed by atoms with Crippen LogP contribution in [0.4, 0.5) is 0 Å². The fraction of sp³-hybridized carbons (Fsp3) is 0.625. The van der Waals surface area contributed by atoms with Crippen molar-refractivity contribution in [2.24, 2.45) is 10.7 Å². The molecule has 0 aromatic rings. The molecule has 3 N–H and O–H groups in total. The molecule has 0 unspecified atom stereocenters. The summed E-state index contributed by atoms with van der Waals surface area (Å²) in [6.07, 6.45) is 6.47. The third-order valence-electron chi connectivity index (χ3n) is 1.69. The van der Waals surface area contributed by atoms with Crippen LogP contribution in [0.15, 0.2) is 17.1 Å². The Bertz CT molecular complexity index is 164. The maximum atomic E-state index is 5.58. The number of aliphatic imine (C=N–C) groups is 1. The first-order chi connectivity index (χ1) is 5.33. The van der Waals surface area contributed by atoms with E-state index < -0.39 is 0 Å². The first kappa shape index (κ1) is 8.11. The second kappa shape index (κ2) is 4.01. The maximum Gasteiger partial charge on any atom is 0.188 e. The van der Waals surface area contributed by atoms with Gasteiger partial charge in [0.05, 0.1) is 0 Å². The maximum absolute atomic E-state index is 5.58. The molecule has 1 rings (SSSR count). The third-order valence-corrected chi connectivity index (χ3v) is 1.69. The zero-order chi connectivity index (χ0) is 8.10. The number of hydrogen-bond donors (Lipinski definition) is 2. The molecule has 62 valence electrons. The Morgan fingerprint density at radius 3 is 2.82 bits per heavy atom. The normalized spacial score (nSPS) is 19.2. The minimum Gasteiger partial charge on any atom is -0.370 e. The van der Waals surface area contributed by atoms with E-state index in [1.807, 2.05) is 6.92 Å². The van der Waals surface area contributed by atoms with Gasteiger partial charge in [0, 0.05) is 12.6 Å². The Morgan fingerprint density at radius 2 is 2.27 bits per heavy atom. The van der Waals surface area contributed by atoms with Gasteiger partial charge in [0.1, 0.15) is 0 Å². The summed E-state index contributed by atoms with van der Waals surface area (Å²) in [5.41, 5.74) is 5.58. The van der Waals surface area contributed by atoms with Crippen LogP contribution in [0.25, 0.3) is 0 Å². The SMILES string of the molecule is CCN=C(N)NC1CC=CC1. The van der Waals surface area contributed by atoms with Gasteiger partial charge in [-0.05, 0) is 19.8 Å². The van der Waals surface area contributed by atoms with Crippen molar-refractivity contribution in [1.82, 2.24) is 5.32 Å². The molecule has 0 heterocycles. The van der Waals surface area contributed by atoms with Crippen LogP contribution in [0.1, 0.15) is 19.8 Å². The van der Waals surface area contributed by atoms with E-state index in [0.29, 0.717) is 12.0 Å². The highest BCUT2D eigenvalue weighted by Gasteiger charge is 2.09. The van der Waals surface area contributed by atoms with Gasteiger partial charge < -0.3 is 11.1 Å². The van der Waals surface area contributed by atoms with Crippen molar-refractivity contribution in [1.29, 1.82) is 0 Å². The van der Waals surface area contributed by atoms with E-state index in [9.17, 15) is 0 Å². The first-order valence-electron chi connectivity index (χ1n) is 4.04. The van der Waals surface area contributed by atoms with Crippen LogP contribution in [0, 0.1) is 0 Å². The lowest BCUT2D eigenvalue weighted by atomic mass is 10.2. The van der Waals surface area contributed by atoms with Gasteiger partial charge in [-0.3, -0.25) is 4.99 Å². The molecule has 0 aliphatic heterocycles. The second-order valence-corrected chi connectivity index (χ2v) is 2.64. The van der Waals surface area contributed by atoms with E-state index in [1.54, 1.807) is 0 Å². The van der Waals surface area contributed by atoms with Crippen molar-refractivity contribution in [3.63, 3.8) is 0 Å². The van der Waals surface area contributed by atoms with Gasteiger partial charge in [-0.15, -0.1) is 0 Å². The van der Waals surface area contributed by atoms with E-state index in [2.05, 4.69) is 22.5 Å². The van der Waals surface area contributed by atoms with Crippen LogP contribution in [-0.2, 0) is 0 Å². The lowest BCUT2D eigenvalue weighted by molar-refractivity contribution is 0.647. The van der Waals surface area contributed by atoms with Gasteiger partial charge in [-0.1, -0.05) is 12.2 Å². The molecule has 0 amide bonds. The monoisotopic (exact) mass is 153 g/mol. The minimum absolute atomic E-state index is 0.477. The van der Waals surface area contributed by atoms with Gasteiger partial charge in [-0.2, -0.15) is 0 Å². The van der Waals surface area contributed by atoms with Crippen molar-refractivity contribution >= 4 is 5.96 Å². The molecule has 0 atom stereocenters. The largest absolute Gasteiger partial charge is 0.370 e. The Labute approximate surface area is 67.4 Å². The molecule has 0 spiro atoms. The molecule has 3 nitrogen and oxygen atoms in total. The van der Waals surface area contributed by atoms with E-state index >= 15 is 0 Å². The smallest absolute Gasteiger partial charge is 0.188 e. The highest BCUT2D eigenvalue weighted by molar-refractivity contribution is 5.78. The third kappa shape index (κ3) is 2.62. The summed E-state index contributed by atoms with van der Waals surface area (Å²) in [7, 11) is 0. The number of nitrogens with zero attached hydrogens (tertiary/aromatic N) is 1. The lowest BCUT2D eigenvalue weighted by Crippen LogP contribution is -2.38. The molecule has 1 aliphatic carbocycles. The van der Waals surface area contributed by atoms with E-state index in [1.165, 1.54) is 0 Å². The Balaban J connectivity index is 2.25. The lowest BCUT2D eigenvalue weighted by Gasteiger charge is -2.11. The standard InChI is InChI=1S/C8H15N3/c1-2-10-8(9)11-7-5-3-4-6-7/h3-4,7H,2,5-6H2,1H3,(H3,9,10,11). The van der Waals surface area contributed by atoms with Crippen molar-refractivity contribution < 1.29 is 0 Å². The average molecular weight is 153 g/mol. The van der Waals surface area contributed by atoms with Gasteiger partial charge in [0.2, 0.25) is 0 Å². The predicted octanol–water partition coefficient (Wildman–Crippen LogP) is 0.629. The first-order valence-corrected chi connectivity index (χ1v) is 4.04. The Morgan fingerprint density at radius 1 is 1.64 bits per heavy atom. The van der Waals surface area contributed by atoms with Gasteiger partial charge in [0.25, 0.3) is 0 Å². The predicted molar refractivity (Wildman–Crippen MR) is 47.5 cm³/mol. The van der Waals surface area contributed by atoms with Crippen LogP contribution in [0.5, 0.6) is 0 Å². The van der Waals surface area contributed by atoms with Crippen LogP contribution < -0.4 is 11.1 Å². The molecule has 0 bridgehead atoms. The molecule has 1 aliphatic rings. The molecule has 0 aromatic carbocycles. The molecule has 0 aromatic heterocycles. The molecule has 3 heteroatoms. The number of guanidine groups is 1. The van der Waals surface area contributed by atoms with Gasteiger partial charge >= 0.3 is 0 Å². The van der Waals surface area contributed by atoms with Gasteiger partial charge in [0.15, 0.2) is 5.96 Å². The van der Waals surface area contributed by atoms with Crippen LogP contribution in [-0.4, -0.2) is 18.5 Å². The summed E-state index contributed by atoms with van der Waals surface area (Å²) >= 11 is 0. The van der Waals surface area contributed by atoms with E-state index in [-0.39, 0.29) is 0 Å². The fourth-order valence-corrected chi connectivity index (χ4v) is 1.16. The van der Waals surface area contributed by atoms with Crippen molar-refractivity contribution in [3.05, 3.63) is 12.2 Å². The molecular formula is C8H15N3. The van der Waals surface area contributed by atoms with Gasteiger partial charge in [-0.25, -0.2) is 0 Å². The molecule has 0 saturated carbocycles. The highest BCUT2D eigenvalue weighted by Crippen LogP contribution is 2.08. The van der Waals surface area contributed by atoms with E-state index in [4.69, 9.17) is 5.73 Å². The molecule has 0 fully saturated rings. The number of hydrogen-bond acceptors (Lipinski definition) is 1. The Kier molecular flexibility index (Phi) is 2.95. The summed E-state index contributed by atoms with van der Waals surface area (Å²) in [5, 5.41) is 3.14. The van der Waals surface area contributed by atoms with Crippen LogP contribution >= 0.6 is 0 Å². The summed E-state index contributed by atoms with van der Waals surface area (Å²) in [5.74, 6) is 0.571. The number of nitrogens with one attached hydrogen (secondary N) is 1. The topological polar surface area (TPSA) is 50.4 Å². The summed E-state index contributed by atoms with van der Waals surface area (Å²) in [4.78, 5) is 4.04. The molecular weight excluding hydrogens is 138 g/mol. The van der Waals surface area contributed by atoms with Crippen molar-refractivity contribution in [2.45, 2.75) is 25.8 Å². The number of rotatable bonds is 2. The summed E-state index contributed by atoms with van der Waals surface area (Å²) in [6, 6.07) is 0.477. The van der Waals surface area contributed by atoms with Crippen molar-refractivity contribution in [3.8, 4) is 0 Å².